The van der Waals surface area contributed by atoms with Crippen LogP contribution in [0.4, 0.5) is 4.39 Å². The Morgan fingerprint density at radius 1 is 1.29 bits per heavy atom. The van der Waals surface area contributed by atoms with Gasteiger partial charge in [0.2, 0.25) is 0 Å². The standard InChI is InChI=1S/C17H11ClFN3O2/c18-14-8-11(16(23)15-13(14)5-2-6-20-15)9-21-22-17(24)10-3-1-4-12(19)7-10/h1-9,23H,(H,22,24)/b21-9-. The summed E-state index contributed by atoms with van der Waals surface area (Å²) in [6.07, 6.45) is 2.78. The van der Waals surface area contributed by atoms with E-state index < -0.39 is 11.7 Å². The van der Waals surface area contributed by atoms with Crippen LogP contribution in [-0.4, -0.2) is 22.2 Å². The topological polar surface area (TPSA) is 74.6 Å². The van der Waals surface area contributed by atoms with Gasteiger partial charge >= 0.3 is 0 Å². The zero-order chi connectivity index (χ0) is 17.1. The molecule has 2 N–H and O–H groups in total. The number of fused-ring (bicyclic) bond motifs is 1. The smallest absolute Gasteiger partial charge is 0.271 e. The van der Waals surface area contributed by atoms with Gasteiger partial charge in [0.1, 0.15) is 11.3 Å². The number of phenolic OH excluding ortho intramolecular Hbond substituents is 1. The molecular weight excluding hydrogens is 333 g/mol. The highest BCUT2D eigenvalue weighted by molar-refractivity contribution is 6.36. The van der Waals surface area contributed by atoms with Crippen LogP contribution < -0.4 is 5.43 Å². The number of hydrazone groups is 1. The van der Waals surface area contributed by atoms with Crippen LogP contribution in [0.15, 0.2) is 53.8 Å². The van der Waals surface area contributed by atoms with Crippen LogP contribution in [0.3, 0.4) is 0 Å². The third-order valence-corrected chi connectivity index (χ3v) is 3.61. The van der Waals surface area contributed by atoms with Crippen LogP contribution in [0, 0.1) is 5.82 Å². The number of rotatable bonds is 3. The lowest BCUT2D eigenvalue weighted by molar-refractivity contribution is 0.0954. The quantitative estimate of drug-likeness (QED) is 0.564. The molecule has 0 fully saturated rings. The first-order chi connectivity index (χ1) is 11.6. The van der Waals surface area contributed by atoms with E-state index in [1.54, 1.807) is 12.1 Å². The lowest BCUT2D eigenvalue weighted by Crippen LogP contribution is -2.17. The van der Waals surface area contributed by atoms with Crippen molar-refractivity contribution in [3.05, 3.63) is 70.6 Å². The molecule has 0 saturated carbocycles. The second-order valence-electron chi connectivity index (χ2n) is 4.91. The summed E-state index contributed by atoms with van der Waals surface area (Å²) in [5.74, 6) is -1.19. The monoisotopic (exact) mass is 343 g/mol. The number of benzene rings is 2. The Bertz CT molecular complexity index is 960. The molecule has 3 aromatic rings. The van der Waals surface area contributed by atoms with E-state index >= 15 is 0 Å². The van der Waals surface area contributed by atoms with Gasteiger partial charge in [-0.2, -0.15) is 5.10 Å². The summed E-state index contributed by atoms with van der Waals surface area (Å²) in [5, 5.41) is 15.0. The molecule has 1 amide bonds. The number of nitrogens with one attached hydrogen (secondary N) is 1. The van der Waals surface area contributed by atoms with Gasteiger partial charge in [-0.3, -0.25) is 9.78 Å². The van der Waals surface area contributed by atoms with Gasteiger partial charge in [-0.05, 0) is 36.4 Å². The van der Waals surface area contributed by atoms with Crippen molar-refractivity contribution >= 4 is 34.6 Å². The van der Waals surface area contributed by atoms with Gasteiger partial charge in [0, 0.05) is 22.7 Å². The van der Waals surface area contributed by atoms with E-state index in [2.05, 4.69) is 15.5 Å². The van der Waals surface area contributed by atoms with E-state index in [9.17, 15) is 14.3 Å². The fraction of sp³-hybridized carbons (Fsp3) is 0. The van der Waals surface area contributed by atoms with Crippen LogP contribution in [-0.2, 0) is 0 Å². The summed E-state index contributed by atoms with van der Waals surface area (Å²) in [6, 6.07) is 10.2. The number of aromatic hydroxyl groups is 1. The average Bonchev–Trinajstić information content (AvgIpc) is 2.59. The van der Waals surface area contributed by atoms with Crippen molar-refractivity contribution < 1.29 is 14.3 Å². The zero-order valence-corrected chi connectivity index (χ0v) is 13.0. The van der Waals surface area contributed by atoms with Crippen molar-refractivity contribution in [1.29, 1.82) is 0 Å². The molecule has 1 aromatic heterocycles. The minimum absolute atomic E-state index is 0.0984. The highest BCUT2D eigenvalue weighted by atomic mass is 35.5. The molecule has 7 heteroatoms. The second kappa shape index (κ2) is 6.64. The van der Waals surface area contributed by atoms with E-state index in [0.717, 1.165) is 6.07 Å². The van der Waals surface area contributed by atoms with Crippen LogP contribution in [0.25, 0.3) is 10.9 Å². The predicted molar refractivity (Wildman–Crippen MR) is 89.9 cm³/mol. The van der Waals surface area contributed by atoms with Gasteiger partial charge in [-0.25, -0.2) is 9.82 Å². The largest absolute Gasteiger partial charge is 0.505 e. The van der Waals surface area contributed by atoms with E-state index in [1.807, 2.05) is 0 Å². The fourth-order valence-corrected chi connectivity index (χ4v) is 2.43. The highest BCUT2D eigenvalue weighted by Crippen LogP contribution is 2.31. The number of pyridine rings is 1. The maximum atomic E-state index is 13.1. The number of phenols is 1. The van der Waals surface area contributed by atoms with Crippen LogP contribution in [0.2, 0.25) is 5.02 Å². The molecule has 3 rings (SSSR count). The van der Waals surface area contributed by atoms with Crippen LogP contribution in [0.1, 0.15) is 15.9 Å². The molecule has 0 saturated heterocycles. The van der Waals surface area contributed by atoms with Crippen LogP contribution >= 0.6 is 11.6 Å². The fourth-order valence-electron chi connectivity index (χ4n) is 2.16. The first kappa shape index (κ1) is 15.9. The number of amides is 1. The van der Waals surface area contributed by atoms with E-state index in [0.29, 0.717) is 21.5 Å². The molecule has 0 aliphatic carbocycles. The molecule has 2 aromatic carbocycles. The number of hydrogen-bond acceptors (Lipinski definition) is 4. The average molecular weight is 344 g/mol. The number of carbonyl (C=O) groups excluding carboxylic acids is 1. The van der Waals surface area contributed by atoms with E-state index in [-0.39, 0.29) is 11.3 Å². The summed E-state index contributed by atoms with van der Waals surface area (Å²) in [7, 11) is 0. The van der Waals surface area contributed by atoms with Crippen molar-refractivity contribution in [3.63, 3.8) is 0 Å². The minimum Gasteiger partial charge on any atom is -0.505 e. The third kappa shape index (κ3) is 3.18. The van der Waals surface area contributed by atoms with Crippen molar-refractivity contribution in [1.82, 2.24) is 10.4 Å². The van der Waals surface area contributed by atoms with Crippen molar-refractivity contribution in [2.24, 2.45) is 5.10 Å². The first-order valence-corrected chi connectivity index (χ1v) is 7.29. The Kier molecular flexibility index (Phi) is 4.39. The van der Waals surface area contributed by atoms with E-state index in [4.69, 9.17) is 11.6 Å². The molecule has 0 atom stereocenters. The molecule has 5 nitrogen and oxygen atoms in total. The number of carbonyl (C=O) groups is 1. The van der Waals surface area contributed by atoms with Gasteiger partial charge in [0.15, 0.2) is 5.75 Å². The molecule has 120 valence electrons. The Balaban J connectivity index is 1.83. The highest BCUT2D eigenvalue weighted by Gasteiger charge is 2.10. The number of nitrogens with zero attached hydrogens (tertiary/aromatic N) is 2. The van der Waals surface area contributed by atoms with Gasteiger partial charge < -0.3 is 5.11 Å². The number of halogens is 2. The summed E-state index contributed by atoms with van der Waals surface area (Å²) < 4.78 is 13.1. The molecule has 24 heavy (non-hydrogen) atoms. The van der Waals surface area contributed by atoms with Crippen molar-refractivity contribution in [3.8, 4) is 5.75 Å². The molecule has 0 spiro atoms. The van der Waals surface area contributed by atoms with Crippen molar-refractivity contribution in [2.45, 2.75) is 0 Å². The van der Waals surface area contributed by atoms with Crippen molar-refractivity contribution in [2.75, 3.05) is 0 Å². The summed E-state index contributed by atoms with van der Waals surface area (Å²) in [5.41, 5.74) is 3.03. The first-order valence-electron chi connectivity index (χ1n) is 6.91. The predicted octanol–water partition coefficient (Wildman–Crippen LogP) is 3.50. The van der Waals surface area contributed by atoms with Gasteiger partial charge in [-0.1, -0.05) is 17.7 Å². The molecule has 0 radical (unpaired) electrons. The summed E-state index contributed by atoms with van der Waals surface area (Å²) in [6.45, 7) is 0. The van der Waals surface area contributed by atoms with Gasteiger partial charge in [0.05, 0.1) is 11.2 Å². The SMILES string of the molecule is O=C(N/N=C\c1cc(Cl)c2cccnc2c1O)c1cccc(F)c1. The second-order valence-corrected chi connectivity index (χ2v) is 5.31. The maximum Gasteiger partial charge on any atom is 0.271 e. The molecule has 0 unspecified atom stereocenters. The molecular formula is C17H11ClFN3O2. The number of aromatic nitrogens is 1. The molecule has 1 heterocycles. The Morgan fingerprint density at radius 2 is 2.12 bits per heavy atom. The number of hydrogen-bond donors (Lipinski definition) is 2. The van der Waals surface area contributed by atoms with Gasteiger partial charge in [-0.15, -0.1) is 0 Å². The zero-order valence-electron chi connectivity index (χ0n) is 12.2. The normalized spacial score (nSPS) is 11.1. The summed E-state index contributed by atoms with van der Waals surface area (Å²) in [4.78, 5) is 15.9. The Hall–Kier alpha value is -2.99. The maximum absolute atomic E-state index is 13.1. The third-order valence-electron chi connectivity index (χ3n) is 3.30. The molecule has 0 aliphatic rings. The Labute approximate surface area is 141 Å². The lowest BCUT2D eigenvalue weighted by atomic mass is 10.1. The van der Waals surface area contributed by atoms with Crippen LogP contribution in [0.5, 0.6) is 5.75 Å². The van der Waals surface area contributed by atoms with Gasteiger partial charge in [0.25, 0.3) is 5.91 Å². The Morgan fingerprint density at radius 3 is 2.92 bits per heavy atom. The van der Waals surface area contributed by atoms with E-state index in [1.165, 1.54) is 36.7 Å². The molecule has 0 aliphatic heterocycles. The molecule has 0 bridgehead atoms. The minimum atomic E-state index is -0.574. The lowest BCUT2D eigenvalue weighted by Gasteiger charge is -2.05. The summed E-state index contributed by atoms with van der Waals surface area (Å²) >= 11 is 6.15.